The van der Waals surface area contributed by atoms with Crippen LogP contribution in [-0.2, 0) is 11.3 Å². The van der Waals surface area contributed by atoms with Gasteiger partial charge in [-0.1, -0.05) is 47.6 Å². The number of aromatic nitrogens is 2. The summed E-state index contributed by atoms with van der Waals surface area (Å²) in [7, 11) is 1.58. The zero-order valence-electron chi connectivity index (χ0n) is 15.0. The molecule has 0 bridgehead atoms. The third-order valence-electron chi connectivity index (χ3n) is 4.11. The summed E-state index contributed by atoms with van der Waals surface area (Å²) < 4.78 is 6.69. The fourth-order valence-electron chi connectivity index (χ4n) is 2.71. The number of methoxy groups -OCH3 is 1. The summed E-state index contributed by atoms with van der Waals surface area (Å²) in [6.07, 6.45) is 0. The second kappa shape index (κ2) is 8.69. The number of benzene rings is 2. The Bertz CT molecular complexity index is 1040. The average molecular weight is 403 g/mol. The van der Waals surface area contributed by atoms with Crippen molar-refractivity contribution < 1.29 is 9.53 Å². The molecule has 0 saturated carbocycles. The maximum absolute atomic E-state index is 12.9. The Morgan fingerprint density at radius 2 is 2.04 bits per heavy atom. The quantitative estimate of drug-likeness (QED) is 0.339. The number of hydrogen-bond acceptors (Lipinski definition) is 5. The Balaban J connectivity index is 1.97. The normalized spacial score (nSPS) is 12.3. The molecule has 0 spiro atoms. The molecule has 7 heteroatoms. The molecule has 1 aromatic heterocycles. The molecule has 0 aliphatic heterocycles. The van der Waals surface area contributed by atoms with E-state index in [0.29, 0.717) is 39.8 Å². The third kappa shape index (κ3) is 4.40. The summed E-state index contributed by atoms with van der Waals surface area (Å²) in [6, 6.07) is 14.0. The van der Waals surface area contributed by atoms with Gasteiger partial charge in [0.2, 0.25) is 0 Å². The number of carbonyl (C=O) groups is 1. The minimum atomic E-state index is -0.426. The van der Waals surface area contributed by atoms with Crippen LogP contribution in [0.5, 0.6) is 0 Å². The molecular weight excluding hydrogens is 384 g/mol. The maximum Gasteiger partial charge on any atom is 0.262 e. The van der Waals surface area contributed by atoms with Crippen molar-refractivity contribution in [2.75, 3.05) is 13.7 Å². The van der Waals surface area contributed by atoms with E-state index in [1.54, 1.807) is 55.0 Å². The Morgan fingerprint density at radius 1 is 1.26 bits per heavy atom. The van der Waals surface area contributed by atoms with Gasteiger partial charge in [-0.05, 0) is 31.2 Å². The summed E-state index contributed by atoms with van der Waals surface area (Å²) in [5.74, 6) is -0.0665. The lowest BCUT2D eigenvalue weighted by molar-refractivity contribution is 0.0994. The van der Waals surface area contributed by atoms with Crippen LogP contribution in [0.4, 0.5) is 0 Å². The van der Waals surface area contributed by atoms with Crippen LogP contribution in [0.15, 0.2) is 58.5 Å². The van der Waals surface area contributed by atoms with Crippen LogP contribution in [0, 0.1) is 0 Å². The number of Topliss-reactive ketones (excluding diaryl/α,β-unsaturated/α-hetero) is 1. The standard InChI is InChI=1S/C20H19ClN2O3S/c1-13(18(24)14-6-5-7-15(21)12-14)27-20-22-17-9-4-3-8-16(17)19(25)23(20)10-11-26-2/h3-9,12-13H,10-11H2,1-2H3/t13-/m0/s1. The van der Waals surface area contributed by atoms with E-state index in [-0.39, 0.29) is 11.3 Å². The number of carbonyl (C=O) groups excluding carboxylic acids is 1. The number of hydrogen-bond donors (Lipinski definition) is 0. The van der Waals surface area contributed by atoms with Crippen molar-refractivity contribution in [2.45, 2.75) is 23.9 Å². The van der Waals surface area contributed by atoms with Crippen molar-refractivity contribution in [2.24, 2.45) is 0 Å². The lowest BCUT2D eigenvalue weighted by atomic mass is 10.1. The van der Waals surface area contributed by atoms with E-state index in [1.807, 2.05) is 12.1 Å². The highest BCUT2D eigenvalue weighted by Crippen LogP contribution is 2.25. The second-order valence-corrected chi connectivity index (χ2v) is 7.74. The number of halogens is 1. The molecule has 0 N–H and O–H groups in total. The molecule has 0 amide bonds. The molecular formula is C20H19ClN2O3S. The molecule has 2 aromatic carbocycles. The van der Waals surface area contributed by atoms with Crippen LogP contribution in [0.25, 0.3) is 10.9 Å². The van der Waals surface area contributed by atoms with Crippen molar-refractivity contribution in [1.82, 2.24) is 9.55 Å². The van der Waals surface area contributed by atoms with E-state index in [9.17, 15) is 9.59 Å². The van der Waals surface area contributed by atoms with E-state index >= 15 is 0 Å². The van der Waals surface area contributed by atoms with E-state index < -0.39 is 5.25 Å². The second-order valence-electron chi connectivity index (χ2n) is 6.00. The summed E-state index contributed by atoms with van der Waals surface area (Å²) >= 11 is 7.25. The first-order chi connectivity index (χ1) is 13.0. The molecule has 5 nitrogen and oxygen atoms in total. The van der Waals surface area contributed by atoms with Crippen LogP contribution >= 0.6 is 23.4 Å². The molecule has 0 unspecified atom stereocenters. The molecule has 140 valence electrons. The van der Waals surface area contributed by atoms with Crippen molar-refractivity contribution in [3.05, 3.63) is 69.5 Å². The van der Waals surface area contributed by atoms with Crippen LogP contribution in [0.2, 0.25) is 5.02 Å². The minimum absolute atomic E-state index is 0.0665. The Hall–Kier alpha value is -2.15. The maximum atomic E-state index is 12.9. The summed E-state index contributed by atoms with van der Waals surface area (Å²) in [5, 5.41) is 1.13. The topological polar surface area (TPSA) is 61.2 Å². The van der Waals surface area contributed by atoms with Gasteiger partial charge >= 0.3 is 0 Å². The lowest BCUT2D eigenvalue weighted by Gasteiger charge is -2.16. The summed E-state index contributed by atoms with van der Waals surface area (Å²) in [5.41, 5.74) is 1.01. The van der Waals surface area contributed by atoms with Gasteiger partial charge in [0, 0.05) is 17.7 Å². The van der Waals surface area contributed by atoms with Crippen molar-refractivity contribution in [3.63, 3.8) is 0 Å². The Morgan fingerprint density at radius 3 is 2.78 bits per heavy atom. The van der Waals surface area contributed by atoms with Crippen LogP contribution in [0.1, 0.15) is 17.3 Å². The number of fused-ring (bicyclic) bond motifs is 1. The van der Waals surface area contributed by atoms with Gasteiger partial charge in [-0.2, -0.15) is 0 Å². The SMILES string of the molecule is COCCn1c(S[C@@H](C)C(=O)c2cccc(Cl)c2)nc2ccccc2c1=O. The van der Waals surface area contributed by atoms with Crippen LogP contribution in [-0.4, -0.2) is 34.3 Å². The highest BCUT2D eigenvalue weighted by atomic mass is 35.5. The summed E-state index contributed by atoms with van der Waals surface area (Å²) in [4.78, 5) is 30.2. The number of para-hydroxylation sites is 1. The van der Waals surface area contributed by atoms with Crippen molar-refractivity contribution in [3.8, 4) is 0 Å². The average Bonchev–Trinajstić information content (AvgIpc) is 2.67. The third-order valence-corrected chi connectivity index (χ3v) is 5.43. The van der Waals surface area contributed by atoms with E-state index in [1.165, 1.54) is 11.8 Å². The minimum Gasteiger partial charge on any atom is -0.383 e. The number of nitrogens with zero attached hydrogens (tertiary/aromatic N) is 2. The van der Waals surface area contributed by atoms with Gasteiger partial charge in [-0.15, -0.1) is 0 Å². The van der Waals surface area contributed by atoms with Crippen LogP contribution < -0.4 is 5.56 Å². The summed E-state index contributed by atoms with van der Waals surface area (Å²) in [6.45, 7) is 2.55. The van der Waals surface area contributed by atoms with Crippen LogP contribution in [0.3, 0.4) is 0 Å². The van der Waals surface area contributed by atoms with E-state index in [2.05, 4.69) is 4.98 Å². The van der Waals surface area contributed by atoms with Gasteiger partial charge in [0.05, 0.1) is 29.3 Å². The number of rotatable bonds is 7. The van der Waals surface area contributed by atoms with E-state index in [4.69, 9.17) is 16.3 Å². The van der Waals surface area contributed by atoms with Gasteiger partial charge in [0.15, 0.2) is 10.9 Å². The molecule has 1 heterocycles. The molecule has 0 radical (unpaired) electrons. The zero-order valence-corrected chi connectivity index (χ0v) is 16.6. The predicted molar refractivity (Wildman–Crippen MR) is 109 cm³/mol. The zero-order chi connectivity index (χ0) is 19.4. The van der Waals surface area contributed by atoms with Crippen molar-refractivity contribution in [1.29, 1.82) is 0 Å². The number of ether oxygens (including phenoxy) is 1. The van der Waals surface area contributed by atoms with Crippen molar-refractivity contribution >= 4 is 40.0 Å². The van der Waals surface area contributed by atoms with Gasteiger partial charge < -0.3 is 4.74 Å². The fourth-order valence-corrected chi connectivity index (χ4v) is 3.91. The fraction of sp³-hybridized carbons (Fsp3) is 0.250. The monoisotopic (exact) mass is 402 g/mol. The Labute approximate surface area is 166 Å². The number of thioether (sulfide) groups is 1. The first-order valence-corrected chi connectivity index (χ1v) is 9.72. The molecule has 3 rings (SSSR count). The first-order valence-electron chi connectivity index (χ1n) is 8.46. The van der Waals surface area contributed by atoms with Gasteiger partial charge in [0.1, 0.15) is 0 Å². The highest BCUT2D eigenvalue weighted by Gasteiger charge is 2.20. The van der Waals surface area contributed by atoms with E-state index in [0.717, 1.165) is 0 Å². The van der Waals surface area contributed by atoms with Gasteiger partial charge in [-0.3, -0.25) is 14.2 Å². The molecule has 0 aliphatic carbocycles. The largest absolute Gasteiger partial charge is 0.383 e. The predicted octanol–water partition coefficient (Wildman–Crippen LogP) is 4.06. The first kappa shape index (κ1) is 19.6. The Kier molecular flexibility index (Phi) is 6.31. The molecule has 3 aromatic rings. The molecule has 27 heavy (non-hydrogen) atoms. The molecule has 0 fully saturated rings. The number of ketones is 1. The molecule has 0 saturated heterocycles. The van der Waals surface area contributed by atoms with Gasteiger partial charge in [-0.25, -0.2) is 4.98 Å². The molecule has 0 aliphatic rings. The highest BCUT2D eigenvalue weighted by molar-refractivity contribution is 8.00. The van der Waals surface area contributed by atoms with Gasteiger partial charge in [0.25, 0.3) is 5.56 Å². The smallest absolute Gasteiger partial charge is 0.262 e. The molecule has 1 atom stereocenters. The lowest BCUT2D eigenvalue weighted by Crippen LogP contribution is -2.26.